The van der Waals surface area contributed by atoms with E-state index in [1.165, 1.54) is 10.9 Å². The van der Waals surface area contributed by atoms with Crippen LogP contribution in [-0.4, -0.2) is 39.4 Å². The Morgan fingerprint density at radius 1 is 1.34 bits per heavy atom. The highest BCUT2D eigenvalue weighted by molar-refractivity contribution is 6.31. The molecule has 0 aliphatic carbocycles. The van der Waals surface area contributed by atoms with E-state index in [1.54, 1.807) is 6.07 Å². The second kappa shape index (κ2) is 10.3. The molecule has 38 heavy (non-hydrogen) atoms. The first-order valence-corrected chi connectivity index (χ1v) is 12.3. The van der Waals surface area contributed by atoms with Gasteiger partial charge in [0.1, 0.15) is 30.5 Å². The van der Waals surface area contributed by atoms with Crippen molar-refractivity contribution in [1.82, 2.24) is 25.4 Å². The smallest absolute Gasteiger partial charge is 0.407 e. The Hall–Kier alpha value is -4.18. The van der Waals surface area contributed by atoms with Crippen LogP contribution in [-0.2, 0) is 16.1 Å². The van der Waals surface area contributed by atoms with Crippen molar-refractivity contribution in [3.63, 3.8) is 0 Å². The summed E-state index contributed by atoms with van der Waals surface area (Å²) in [4.78, 5) is 28.6. The maximum Gasteiger partial charge on any atom is 0.407 e. The fourth-order valence-electron chi connectivity index (χ4n) is 4.47. The Labute approximate surface area is 222 Å². The predicted octanol–water partition coefficient (Wildman–Crippen LogP) is 4.69. The van der Waals surface area contributed by atoms with Gasteiger partial charge in [-0.1, -0.05) is 29.8 Å². The number of halogens is 2. The van der Waals surface area contributed by atoms with Gasteiger partial charge in [-0.25, -0.2) is 18.9 Å². The summed E-state index contributed by atoms with van der Waals surface area (Å²) in [5.41, 5.74) is 4.40. The topological polar surface area (TPSA) is 107 Å². The lowest BCUT2D eigenvalue weighted by atomic mass is 9.98. The SMILES string of the molecule is Cc1cc(Cl)c(COc2cccc3c(-n4cc(F)cn4)cc(C)nc23)c([C@H](C)NC(=O)[C@H]2COC(=O)N2)c1. The Morgan fingerprint density at radius 2 is 2.16 bits per heavy atom. The molecule has 11 heteroatoms. The van der Waals surface area contributed by atoms with Crippen LogP contribution in [0.25, 0.3) is 16.6 Å². The second-order valence-corrected chi connectivity index (χ2v) is 9.57. The van der Waals surface area contributed by atoms with Crippen molar-refractivity contribution >= 4 is 34.5 Å². The number of alkyl carbamates (subject to hydrolysis) is 1. The standard InChI is InChI=1S/C27H25ClFN5O4/c1-14-7-19(16(3)32-26(35)22-13-38-27(36)33-22)20(21(28)8-14)12-37-24-6-4-5-18-23(9-15(2)31-25(18)24)34-11-17(29)10-30-34/h4-11,16,22H,12-13H2,1-3H3,(H,32,35)(H,33,36)/t16-,22+/m0/s1. The molecule has 0 radical (unpaired) electrons. The van der Waals surface area contributed by atoms with Crippen LogP contribution in [0.2, 0.25) is 5.02 Å². The highest BCUT2D eigenvalue weighted by Gasteiger charge is 2.30. The van der Waals surface area contributed by atoms with E-state index < -0.39 is 24.0 Å². The lowest BCUT2D eigenvalue weighted by molar-refractivity contribution is -0.123. The first kappa shape index (κ1) is 25.5. The minimum atomic E-state index is -0.757. The normalized spacial score (nSPS) is 15.7. The van der Waals surface area contributed by atoms with E-state index in [0.29, 0.717) is 33.2 Å². The number of benzene rings is 2. The molecular weight excluding hydrogens is 513 g/mol. The highest BCUT2D eigenvalue weighted by atomic mass is 35.5. The van der Waals surface area contributed by atoms with Gasteiger partial charge in [0, 0.05) is 21.7 Å². The quantitative estimate of drug-likeness (QED) is 0.354. The average molecular weight is 538 g/mol. The number of aromatic nitrogens is 3. The molecule has 2 N–H and O–H groups in total. The van der Waals surface area contributed by atoms with E-state index >= 15 is 0 Å². The Kier molecular flexibility index (Phi) is 6.90. The number of carbonyl (C=O) groups is 2. The Bertz CT molecular complexity index is 1560. The summed E-state index contributed by atoms with van der Waals surface area (Å²) >= 11 is 6.65. The average Bonchev–Trinajstić information content (AvgIpc) is 3.50. The van der Waals surface area contributed by atoms with Gasteiger partial charge in [-0.2, -0.15) is 5.10 Å². The minimum Gasteiger partial charge on any atom is -0.487 e. The number of pyridine rings is 1. The number of cyclic esters (lactones) is 1. The fourth-order valence-corrected chi connectivity index (χ4v) is 4.81. The molecule has 9 nitrogen and oxygen atoms in total. The van der Waals surface area contributed by atoms with Crippen molar-refractivity contribution in [1.29, 1.82) is 0 Å². The number of carbonyl (C=O) groups excluding carboxylic acids is 2. The fraction of sp³-hybridized carbons (Fsp3) is 0.259. The zero-order valence-electron chi connectivity index (χ0n) is 20.9. The number of para-hydroxylation sites is 1. The molecule has 2 atom stereocenters. The first-order valence-electron chi connectivity index (χ1n) is 12.0. The molecule has 0 unspecified atom stereocenters. The minimum absolute atomic E-state index is 0.0252. The molecule has 1 fully saturated rings. The number of ether oxygens (including phenoxy) is 2. The third kappa shape index (κ3) is 5.12. The van der Waals surface area contributed by atoms with Gasteiger partial charge in [0.25, 0.3) is 0 Å². The number of amides is 2. The van der Waals surface area contributed by atoms with Crippen molar-refractivity contribution in [2.75, 3.05) is 6.61 Å². The molecule has 0 spiro atoms. The summed E-state index contributed by atoms with van der Waals surface area (Å²) < 4.78 is 26.2. The van der Waals surface area contributed by atoms with Crippen LogP contribution in [0.3, 0.4) is 0 Å². The van der Waals surface area contributed by atoms with Gasteiger partial charge in [-0.3, -0.25) is 4.79 Å². The van der Waals surface area contributed by atoms with Crippen molar-refractivity contribution in [2.24, 2.45) is 0 Å². The number of rotatable bonds is 7. The summed E-state index contributed by atoms with van der Waals surface area (Å²) in [7, 11) is 0. The number of fused-ring (bicyclic) bond motifs is 1. The molecule has 1 saturated heterocycles. The van der Waals surface area contributed by atoms with Crippen LogP contribution in [0.5, 0.6) is 5.75 Å². The molecule has 2 aromatic carbocycles. The maximum absolute atomic E-state index is 13.7. The molecule has 1 aliphatic heterocycles. The second-order valence-electron chi connectivity index (χ2n) is 9.17. The highest BCUT2D eigenvalue weighted by Crippen LogP contribution is 2.32. The van der Waals surface area contributed by atoms with Crippen molar-refractivity contribution < 1.29 is 23.5 Å². The van der Waals surface area contributed by atoms with E-state index in [-0.39, 0.29) is 19.1 Å². The molecule has 2 aromatic heterocycles. The van der Waals surface area contributed by atoms with E-state index in [9.17, 15) is 14.0 Å². The third-order valence-electron chi connectivity index (χ3n) is 6.27. The largest absolute Gasteiger partial charge is 0.487 e. The van der Waals surface area contributed by atoms with Crippen LogP contribution in [0.4, 0.5) is 9.18 Å². The van der Waals surface area contributed by atoms with Gasteiger partial charge in [0.15, 0.2) is 5.82 Å². The number of nitrogens with one attached hydrogen (secondary N) is 2. The summed E-state index contributed by atoms with van der Waals surface area (Å²) in [6.45, 7) is 5.68. The van der Waals surface area contributed by atoms with Gasteiger partial charge in [-0.05, 0) is 50.1 Å². The van der Waals surface area contributed by atoms with Crippen LogP contribution in [0.1, 0.15) is 35.3 Å². The predicted molar refractivity (Wildman–Crippen MR) is 139 cm³/mol. The summed E-state index contributed by atoms with van der Waals surface area (Å²) in [6, 6.07) is 9.92. The third-order valence-corrected chi connectivity index (χ3v) is 6.61. The van der Waals surface area contributed by atoms with Crippen LogP contribution < -0.4 is 15.4 Å². The van der Waals surface area contributed by atoms with Gasteiger partial charge in [0.05, 0.1) is 24.1 Å². The number of aryl methyl sites for hydroxylation is 2. The lowest BCUT2D eigenvalue weighted by Gasteiger charge is -2.22. The van der Waals surface area contributed by atoms with Gasteiger partial charge < -0.3 is 20.1 Å². The number of hydrogen-bond donors (Lipinski definition) is 2. The van der Waals surface area contributed by atoms with Gasteiger partial charge in [0.2, 0.25) is 5.91 Å². The zero-order chi connectivity index (χ0) is 27.0. The van der Waals surface area contributed by atoms with Gasteiger partial charge in [-0.15, -0.1) is 0 Å². The Morgan fingerprint density at radius 3 is 2.87 bits per heavy atom. The van der Waals surface area contributed by atoms with Crippen LogP contribution in [0.15, 0.2) is 48.8 Å². The zero-order valence-corrected chi connectivity index (χ0v) is 21.7. The molecule has 2 amide bonds. The maximum atomic E-state index is 13.7. The molecule has 0 bridgehead atoms. The van der Waals surface area contributed by atoms with E-state index in [4.69, 9.17) is 21.1 Å². The Balaban J connectivity index is 1.44. The van der Waals surface area contributed by atoms with Crippen LogP contribution >= 0.6 is 11.6 Å². The van der Waals surface area contributed by atoms with E-state index in [0.717, 1.165) is 22.7 Å². The molecule has 0 saturated carbocycles. The molecule has 196 valence electrons. The summed E-state index contributed by atoms with van der Waals surface area (Å²) in [5, 5.41) is 10.7. The van der Waals surface area contributed by atoms with Gasteiger partial charge >= 0.3 is 6.09 Å². The van der Waals surface area contributed by atoms with E-state index in [2.05, 4.69) is 20.7 Å². The van der Waals surface area contributed by atoms with Crippen molar-refractivity contribution in [2.45, 2.75) is 39.5 Å². The number of hydrogen-bond acceptors (Lipinski definition) is 6. The molecule has 5 rings (SSSR count). The lowest BCUT2D eigenvalue weighted by Crippen LogP contribution is -2.43. The molecular formula is C27H25ClFN5O4. The molecule has 1 aliphatic rings. The summed E-state index contributed by atoms with van der Waals surface area (Å²) in [5.74, 6) is -0.278. The van der Waals surface area contributed by atoms with Crippen molar-refractivity contribution in [3.05, 3.63) is 82.0 Å². The first-order chi connectivity index (χ1) is 18.2. The molecule has 3 heterocycles. The summed E-state index contributed by atoms with van der Waals surface area (Å²) in [6.07, 6.45) is 1.83. The number of nitrogens with zero attached hydrogens (tertiary/aromatic N) is 3. The molecule has 4 aromatic rings. The van der Waals surface area contributed by atoms with E-state index in [1.807, 2.05) is 51.1 Å². The van der Waals surface area contributed by atoms with Crippen LogP contribution in [0, 0.1) is 19.7 Å². The van der Waals surface area contributed by atoms with Crippen molar-refractivity contribution in [3.8, 4) is 11.4 Å². The monoisotopic (exact) mass is 537 g/mol.